The number of amides is 1. The van der Waals surface area contributed by atoms with Crippen LogP contribution in [0.2, 0.25) is 0 Å². The third-order valence-corrected chi connectivity index (χ3v) is 5.32. The van der Waals surface area contributed by atoms with Gasteiger partial charge in [-0.3, -0.25) is 9.69 Å². The molecule has 0 aliphatic carbocycles. The summed E-state index contributed by atoms with van der Waals surface area (Å²) < 4.78 is 34.3. The Morgan fingerprint density at radius 1 is 1.10 bits per heavy atom. The first-order chi connectivity index (χ1) is 14.5. The quantitative estimate of drug-likeness (QED) is 0.404. The zero-order valence-corrected chi connectivity index (χ0v) is 17.5. The summed E-state index contributed by atoms with van der Waals surface area (Å²) in [6.45, 7) is -0.804. The van der Waals surface area contributed by atoms with Gasteiger partial charge < -0.3 is 9.47 Å². The van der Waals surface area contributed by atoms with Crippen LogP contribution in [0.5, 0.6) is 11.5 Å². The highest BCUT2D eigenvalue weighted by Crippen LogP contribution is 2.31. The first-order valence-electron chi connectivity index (χ1n) is 9.48. The molecule has 0 fully saturated rings. The van der Waals surface area contributed by atoms with Crippen LogP contribution in [0.4, 0.5) is 14.5 Å². The standard InChI is InChI=1S/C22H22F2N2O3S/c1-3-4-13-30-22-25-19(14-15-5-9-17(28-2)10-6-15)20(27)26(22)16-7-11-18(12-8-16)29-21(23)24/h5-12,14,21H,3-4,13H2,1-2H3/b19-14-. The summed E-state index contributed by atoms with van der Waals surface area (Å²) in [7, 11) is 1.59. The van der Waals surface area contributed by atoms with E-state index in [0.29, 0.717) is 16.6 Å². The van der Waals surface area contributed by atoms with Gasteiger partial charge in [-0.25, -0.2) is 4.99 Å². The van der Waals surface area contributed by atoms with Crippen molar-refractivity contribution in [3.05, 3.63) is 59.8 Å². The lowest BCUT2D eigenvalue weighted by molar-refractivity contribution is -0.113. The number of benzene rings is 2. The van der Waals surface area contributed by atoms with E-state index in [-0.39, 0.29) is 11.7 Å². The van der Waals surface area contributed by atoms with Gasteiger partial charge in [0, 0.05) is 5.75 Å². The number of unbranched alkanes of at least 4 members (excludes halogenated alkanes) is 1. The zero-order chi connectivity index (χ0) is 21.5. The molecule has 2 aromatic rings. The Hall–Kier alpha value is -2.87. The molecule has 30 heavy (non-hydrogen) atoms. The molecule has 1 amide bonds. The minimum absolute atomic E-state index is 0.0338. The van der Waals surface area contributed by atoms with E-state index in [9.17, 15) is 13.6 Å². The molecule has 0 atom stereocenters. The van der Waals surface area contributed by atoms with E-state index in [1.165, 1.54) is 28.8 Å². The minimum Gasteiger partial charge on any atom is -0.497 e. The molecule has 0 saturated carbocycles. The monoisotopic (exact) mass is 432 g/mol. The van der Waals surface area contributed by atoms with Crippen molar-refractivity contribution in [1.29, 1.82) is 0 Å². The second-order valence-electron chi connectivity index (χ2n) is 6.41. The van der Waals surface area contributed by atoms with Gasteiger partial charge in [0.2, 0.25) is 0 Å². The minimum atomic E-state index is -2.90. The molecule has 5 nitrogen and oxygen atoms in total. The first-order valence-corrected chi connectivity index (χ1v) is 10.5. The largest absolute Gasteiger partial charge is 0.497 e. The number of nitrogens with zero attached hydrogens (tertiary/aromatic N) is 2. The van der Waals surface area contributed by atoms with Gasteiger partial charge >= 0.3 is 6.61 Å². The van der Waals surface area contributed by atoms with Crippen LogP contribution < -0.4 is 14.4 Å². The lowest BCUT2D eigenvalue weighted by Crippen LogP contribution is -2.30. The number of hydrogen-bond acceptors (Lipinski definition) is 5. The average molecular weight is 432 g/mol. The van der Waals surface area contributed by atoms with Gasteiger partial charge in [-0.15, -0.1) is 0 Å². The van der Waals surface area contributed by atoms with Crippen molar-refractivity contribution >= 4 is 34.6 Å². The van der Waals surface area contributed by atoms with E-state index < -0.39 is 6.61 Å². The van der Waals surface area contributed by atoms with E-state index in [1.807, 2.05) is 24.3 Å². The normalized spacial score (nSPS) is 15.1. The summed E-state index contributed by atoms with van der Waals surface area (Å²) in [5, 5.41) is 0.565. The molecule has 1 aliphatic heterocycles. The van der Waals surface area contributed by atoms with Crippen LogP contribution >= 0.6 is 11.8 Å². The molecule has 1 aliphatic rings. The highest BCUT2D eigenvalue weighted by molar-refractivity contribution is 8.14. The van der Waals surface area contributed by atoms with Crippen LogP contribution in [0.15, 0.2) is 59.2 Å². The predicted octanol–water partition coefficient (Wildman–Crippen LogP) is 5.57. The zero-order valence-electron chi connectivity index (χ0n) is 16.7. The maximum Gasteiger partial charge on any atom is 0.387 e. The fraction of sp³-hybridized carbons (Fsp3) is 0.273. The summed E-state index contributed by atoms with van der Waals surface area (Å²) in [5.41, 5.74) is 1.68. The third-order valence-electron chi connectivity index (χ3n) is 4.30. The number of halogens is 2. The Morgan fingerprint density at radius 2 is 1.77 bits per heavy atom. The van der Waals surface area contributed by atoms with Crippen molar-refractivity contribution < 1.29 is 23.0 Å². The highest BCUT2D eigenvalue weighted by atomic mass is 32.2. The van der Waals surface area contributed by atoms with Crippen LogP contribution in [0, 0.1) is 0 Å². The van der Waals surface area contributed by atoms with Gasteiger partial charge in [0.1, 0.15) is 17.2 Å². The van der Waals surface area contributed by atoms with E-state index in [0.717, 1.165) is 29.9 Å². The van der Waals surface area contributed by atoms with Crippen LogP contribution in [0.25, 0.3) is 6.08 Å². The molecule has 0 N–H and O–H groups in total. The van der Waals surface area contributed by atoms with Crippen LogP contribution in [-0.2, 0) is 4.79 Å². The maximum atomic E-state index is 13.1. The molecular formula is C22H22F2N2O3S. The molecule has 3 rings (SSSR count). The Kier molecular flexibility index (Phi) is 7.46. The Balaban J connectivity index is 1.87. The summed E-state index contributed by atoms with van der Waals surface area (Å²) in [4.78, 5) is 19.1. The number of hydrogen-bond donors (Lipinski definition) is 0. The number of rotatable bonds is 8. The number of alkyl halides is 2. The molecule has 0 spiro atoms. The fourth-order valence-corrected chi connectivity index (χ4v) is 3.86. The third kappa shape index (κ3) is 5.38. The molecule has 0 saturated heterocycles. The summed E-state index contributed by atoms with van der Waals surface area (Å²) in [6, 6.07) is 13.3. The number of methoxy groups -OCH3 is 1. The summed E-state index contributed by atoms with van der Waals surface area (Å²) >= 11 is 1.49. The van der Waals surface area contributed by atoms with Gasteiger partial charge in [-0.1, -0.05) is 37.2 Å². The molecule has 0 aromatic heterocycles. The lowest BCUT2D eigenvalue weighted by atomic mass is 10.2. The van der Waals surface area contributed by atoms with Gasteiger partial charge in [-0.2, -0.15) is 8.78 Å². The topological polar surface area (TPSA) is 51.1 Å². The summed E-state index contributed by atoms with van der Waals surface area (Å²) in [5.74, 6) is 1.31. The maximum absolute atomic E-state index is 13.1. The smallest absolute Gasteiger partial charge is 0.387 e. The molecule has 1 heterocycles. The molecule has 158 valence electrons. The summed E-state index contributed by atoms with van der Waals surface area (Å²) in [6.07, 6.45) is 3.74. The molecule has 2 aromatic carbocycles. The number of carbonyl (C=O) groups excluding carboxylic acids is 1. The van der Waals surface area contributed by atoms with Crippen molar-refractivity contribution in [3.63, 3.8) is 0 Å². The van der Waals surface area contributed by atoms with Crippen LogP contribution in [-0.4, -0.2) is 30.5 Å². The van der Waals surface area contributed by atoms with Gasteiger partial charge in [-0.05, 0) is 54.5 Å². The first kappa shape index (κ1) is 21.8. The lowest BCUT2D eigenvalue weighted by Gasteiger charge is -2.18. The molecule has 8 heteroatoms. The second-order valence-corrected chi connectivity index (χ2v) is 7.47. The number of amidine groups is 1. The Morgan fingerprint density at radius 3 is 2.37 bits per heavy atom. The predicted molar refractivity (Wildman–Crippen MR) is 116 cm³/mol. The Bertz CT molecular complexity index is 928. The van der Waals surface area contributed by atoms with Gasteiger partial charge in [0.05, 0.1) is 12.8 Å². The number of anilines is 1. The van der Waals surface area contributed by atoms with Crippen molar-refractivity contribution in [2.24, 2.45) is 4.99 Å². The van der Waals surface area contributed by atoms with Crippen molar-refractivity contribution in [3.8, 4) is 11.5 Å². The van der Waals surface area contributed by atoms with Crippen molar-refractivity contribution in [1.82, 2.24) is 0 Å². The Labute approximate surface area is 178 Å². The van der Waals surface area contributed by atoms with Crippen LogP contribution in [0.1, 0.15) is 25.3 Å². The van der Waals surface area contributed by atoms with E-state index >= 15 is 0 Å². The van der Waals surface area contributed by atoms with Crippen LogP contribution in [0.3, 0.4) is 0 Å². The number of carbonyl (C=O) groups is 1. The molecule has 0 radical (unpaired) electrons. The number of aliphatic imine (C=N–C) groups is 1. The van der Waals surface area contributed by atoms with E-state index in [4.69, 9.17) is 4.74 Å². The van der Waals surface area contributed by atoms with Crippen molar-refractivity contribution in [2.75, 3.05) is 17.8 Å². The van der Waals surface area contributed by atoms with Crippen molar-refractivity contribution in [2.45, 2.75) is 26.4 Å². The van der Waals surface area contributed by atoms with E-state index in [2.05, 4.69) is 16.7 Å². The van der Waals surface area contributed by atoms with Gasteiger partial charge in [0.25, 0.3) is 5.91 Å². The second kappa shape index (κ2) is 10.2. The fourth-order valence-electron chi connectivity index (χ4n) is 2.76. The number of thioether (sulfide) groups is 1. The highest BCUT2D eigenvalue weighted by Gasteiger charge is 2.31. The number of ether oxygens (including phenoxy) is 2. The SMILES string of the molecule is CCCCSC1=N/C(=C\c2ccc(OC)cc2)C(=O)N1c1ccc(OC(F)F)cc1. The molecule has 0 unspecified atom stereocenters. The average Bonchev–Trinajstić information content (AvgIpc) is 3.04. The molecular weight excluding hydrogens is 410 g/mol. The molecule has 0 bridgehead atoms. The van der Waals surface area contributed by atoms with Gasteiger partial charge in [0.15, 0.2) is 5.17 Å². The van der Waals surface area contributed by atoms with E-state index in [1.54, 1.807) is 25.3 Å².